The first-order chi connectivity index (χ1) is 7.40. The molecule has 15 heavy (non-hydrogen) atoms. The Morgan fingerprint density at radius 1 is 0.800 bits per heavy atom. The van der Waals surface area contributed by atoms with Crippen molar-refractivity contribution >= 4 is 0 Å². The zero-order valence-corrected chi connectivity index (χ0v) is 8.35. The van der Waals surface area contributed by atoms with Crippen molar-refractivity contribution in [3.63, 3.8) is 0 Å². The van der Waals surface area contributed by atoms with E-state index >= 15 is 0 Å². The zero-order chi connectivity index (χ0) is 10.5. The van der Waals surface area contributed by atoms with Gasteiger partial charge in [-0.25, -0.2) is 6.57 Å². The normalized spacial score (nSPS) is 9.53. The summed E-state index contributed by atoms with van der Waals surface area (Å²) in [6.07, 6.45) is 0. The van der Waals surface area contributed by atoms with Crippen molar-refractivity contribution in [1.82, 2.24) is 0 Å². The molecule has 2 aromatic rings. The van der Waals surface area contributed by atoms with Crippen molar-refractivity contribution in [2.45, 2.75) is 6.54 Å². The molecule has 0 fully saturated rings. The molecule has 0 bridgehead atoms. The van der Waals surface area contributed by atoms with Gasteiger partial charge in [0.25, 0.3) is 0 Å². The number of nitrogens with zero attached hydrogens (tertiary/aromatic N) is 1. The Hall–Kier alpha value is -2.07. The van der Waals surface area contributed by atoms with Crippen LogP contribution in [0.5, 0.6) is 0 Å². The molecule has 0 aliphatic rings. The van der Waals surface area contributed by atoms with Crippen LogP contribution in [0.4, 0.5) is 0 Å². The Labute approximate surface area is 89.8 Å². The Bertz CT molecular complexity index is 463. The SMILES string of the molecule is [C-]#[N+]Cc1ccc(-c2ccccc2)cc1. The average molecular weight is 193 g/mol. The monoisotopic (exact) mass is 193 g/mol. The third-order valence-corrected chi connectivity index (χ3v) is 2.32. The highest BCUT2D eigenvalue weighted by Gasteiger charge is 1.97. The average Bonchev–Trinajstić information content (AvgIpc) is 2.32. The second-order valence-electron chi connectivity index (χ2n) is 3.38. The molecule has 0 aliphatic heterocycles. The van der Waals surface area contributed by atoms with E-state index in [1.165, 1.54) is 11.1 Å². The molecule has 1 nitrogen and oxygen atoms in total. The van der Waals surface area contributed by atoms with Crippen LogP contribution in [-0.4, -0.2) is 0 Å². The Morgan fingerprint density at radius 3 is 2.00 bits per heavy atom. The quantitative estimate of drug-likeness (QED) is 0.639. The van der Waals surface area contributed by atoms with E-state index in [1.54, 1.807) is 0 Å². The van der Waals surface area contributed by atoms with Crippen LogP contribution in [0.3, 0.4) is 0 Å². The van der Waals surface area contributed by atoms with E-state index in [4.69, 9.17) is 6.57 Å². The van der Waals surface area contributed by atoms with Gasteiger partial charge in [-0.15, -0.1) is 0 Å². The van der Waals surface area contributed by atoms with Gasteiger partial charge in [-0.1, -0.05) is 54.6 Å². The molecule has 0 aromatic heterocycles. The van der Waals surface area contributed by atoms with Gasteiger partial charge in [-0.3, -0.25) is 0 Å². The van der Waals surface area contributed by atoms with E-state index < -0.39 is 0 Å². The molecule has 0 aliphatic carbocycles. The summed E-state index contributed by atoms with van der Waals surface area (Å²) in [5, 5.41) is 0. The van der Waals surface area contributed by atoms with Crippen molar-refractivity contribution < 1.29 is 0 Å². The predicted octanol–water partition coefficient (Wildman–Crippen LogP) is 3.77. The molecular formula is C14H11N. The van der Waals surface area contributed by atoms with Crippen LogP contribution >= 0.6 is 0 Å². The third kappa shape index (κ3) is 2.24. The summed E-state index contributed by atoms with van der Waals surface area (Å²) >= 11 is 0. The first kappa shape index (κ1) is 9.48. The second-order valence-corrected chi connectivity index (χ2v) is 3.38. The molecule has 0 atom stereocenters. The summed E-state index contributed by atoms with van der Waals surface area (Å²) in [6.45, 7) is 7.25. The highest BCUT2D eigenvalue weighted by atomic mass is 14.6. The van der Waals surface area contributed by atoms with Gasteiger partial charge >= 0.3 is 0 Å². The molecule has 0 spiro atoms. The highest BCUT2D eigenvalue weighted by Crippen LogP contribution is 2.19. The molecule has 0 saturated heterocycles. The maximum atomic E-state index is 6.78. The summed E-state index contributed by atoms with van der Waals surface area (Å²) < 4.78 is 0. The van der Waals surface area contributed by atoms with Gasteiger partial charge in [0.05, 0.1) is 0 Å². The lowest BCUT2D eigenvalue weighted by atomic mass is 10.0. The first-order valence-electron chi connectivity index (χ1n) is 4.88. The summed E-state index contributed by atoms with van der Waals surface area (Å²) in [5.74, 6) is 0. The molecule has 2 rings (SSSR count). The highest BCUT2D eigenvalue weighted by molar-refractivity contribution is 5.63. The number of benzene rings is 2. The van der Waals surface area contributed by atoms with E-state index in [9.17, 15) is 0 Å². The minimum Gasteiger partial charge on any atom is -0.312 e. The lowest BCUT2D eigenvalue weighted by Gasteiger charge is -2.00. The molecule has 0 radical (unpaired) electrons. The number of hydrogen-bond acceptors (Lipinski definition) is 0. The summed E-state index contributed by atoms with van der Waals surface area (Å²) in [4.78, 5) is 3.36. The van der Waals surface area contributed by atoms with Gasteiger partial charge in [0.15, 0.2) is 0 Å². The van der Waals surface area contributed by atoms with Crippen LogP contribution in [0, 0.1) is 6.57 Å². The smallest absolute Gasteiger partial charge is 0.239 e. The molecule has 2 aromatic carbocycles. The van der Waals surface area contributed by atoms with E-state index in [0.29, 0.717) is 6.54 Å². The van der Waals surface area contributed by atoms with Gasteiger partial charge in [0, 0.05) is 5.56 Å². The van der Waals surface area contributed by atoms with Crippen molar-refractivity contribution in [3.05, 3.63) is 71.6 Å². The maximum Gasteiger partial charge on any atom is 0.239 e. The van der Waals surface area contributed by atoms with Crippen molar-refractivity contribution in [2.24, 2.45) is 0 Å². The summed E-state index contributed by atoms with van der Waals surface area (Å²) in [5.41, 5.74) is 3.49. The maximum absolute atomic E-state index is 6.78. The predicted molar refractivity (Wildman–Crippen MR) is 62.2 cm³/mol. The minimum atomic E-state index is 0.467. The second kappa shape index (κ2) is 4.43. The molecule has 0 saturated carbocycles. The van der Waals surface area contributed by atoms with Crippen molar-refractivity contribution in [3.8, 4) is 11.1 Å². The minimum absolute atomic E-state index is 0.467. The Kier molecular flexibility index (Phi) is 2.80. The fourth-order valence-electron chi connectivity index (χ4n) is 1.52. The molecule has 0 N–H and O–H groups in total. The summed E-state index contributed by atoms with van der Waals surface area (Å²) in [7, 11) is 0. The number of hydrogen-bond donors (Lipinski definition) is 0. The van der Waals surface area contributed by atoms with Crippen LogP contribution in [0.25, 0.3) is 16.0 Å². The zero-order valence-electron chi connectivity index (χ0n) is 8.35. The number of rotatable bonds is 2. The van der Waals surface area contributed by atoms with E-state index in [0.717, 1.165) is 5.56 Å². The van der Waals surface area contributed by atoms with E-state index in [-0.39, 0.29) is 0 Å². The van der Waals surface area contributed by atoms with Crippen LogP contribution in [0.1, 0.15) is 5.56 Å². The third-order valence-electron chi connectivity index (χ3n) is 2.32. The van der Waals surface area contributed by atoms with E-state index in [2.05, 4.69) is 29.1 Å². The fraction of sp³-hybridized carbons (Fsp3) is 0.0714. The molecule has 1 heteroatoms. The molecular weight excluding hydrogens is 182 g/mol. The lowest BCUT2D eigenvalue weighted by molar-refractivity contribution is 1.27. The topological polar surface area (TPSA) is 4.36 Å². The van der Waals surface area contributed by atoms with Gasteiger partial charge in [0.1, 0.15) is 0 Å². The van der Waals surface area contributed by atoms with Crippen LogP contribution in [-0.2, 0) is 6.54 Å². The summed E-state index contributed by atoms with van der Waals surface area (Å²) in [6, 6.07) is 18.4. The van der Waals surface area contributed by atoms with Gasteiger partial charge in [-0.2, -0.15) is 0 Å². The largest absolute Gasteiger partial charge is 0.312 e. The Morgan fingerprint density at radius 2 is 1.40 bits per heavy atom. The Balaban J connectivity index is 2.29. The van der Waals surface area contributed by atoms with Crippen molar-refractivity contribution in [2.75, 3.05) is 0 Å². The first-order valence-corrected chi connectivity index (χ1v) is 4.88. The lowest BCUT2D eigenvalue weighted by Crippen LogP contribution is -1.80. The molecule has 72 valence electrons. The van der Waals surface area contributed by atoms with Crippen molar-refractivity contribution in [1.29, 1.82) is 0 Å². The van der Waals surface area contributed by atoms with Crippen LogP contribution in [0.2, 0.25) is 0 Å². The molecule has 0 unspecified atom stereocenters. The van der Waals surface area contributed by atoms with E-state index in [1.807, 2.05) is 30.3 Å². The fourth-order valence-corrected chi connectivity index (χ4v) is 1.52. The standard InChI is InChI=1S/C14H11N/c1-15-11-12-7-9-14(10-8-12)13-5-3-2-4-6-13/h2-10H,11H2. The van der Waals surface area contributed by atoms with Crippen LogP contribution < -0.4 is 0 Å². The van der Waals surface area contributed by atoms with Gasteiger partial charge < -0.3 is 4.85 Å². The van der Waals surface area contributed by atoms with Gasteiger partial charge in [0.2, 0.25) is 6.54 Å². The van der Waals surface area contributed by atoms with Gasteiger partial charge in [-0.05, 0) is 11.1 Å². The van der Waals surface area contributed by atoms with Crippen LogP contribution in [0.15, 0.2) is 54.6 Å². The molecule has 0 amide bonds. The molecule has 0 heterocycles.